The van der Waals surface area contributed by atoms with Crippen molar-refractivity contribution in [3.63, 3.8) is 0 Å². The van der Waals surface area contributed by atoms with E-state index < -0.39 is 10.0 Å². The summed E-state index contributed by atoms with van der Waals surface area (Å²) in [5.74, 6) is 0.136. The van der Waals surface area contributed by atoms with Gasteiger partial charge in [0.2, 0.25) is 10.0 Å². The number of nitrogens with one attached hydrogen (secondary N) is 1. The quantitative estimate of drug-likeness (QED) is 0.693. The molecule has 7 nitrogen and oxygen atoms in total. The van der Waals surface area contributed by atoms with Gasteiger partial charge in [0.1, 0.15) is 5.75 Å². The van der Waals surface area contributed by atoms with Gasteiger partial charge >= 0.3 is 0 Å². The highest BCUT2D eigenvalue weighted by Gasteiger charge is 2.16. The molecular formula is C13H20N2O5S. The molecule has 8 heteroatoms. The Morgan fingerprint density at radius 2 is 1.86 bits per heavy atom. The lowest BCUT2D eigenvalue weighted by Gasteiger charge is -2.12. The van der Waals surface area contributed by atoms with E-state index in [1.54, 1.807) is 21.0 Å². The Labute approximate surface area is 124 Å². The molecule has 0 aliphatic heterocycles. The fraction of sp³-hybridized carbons (Fsp3) is 0.462. The molecule has 0 aliphatic rings. The Morgan fingerprint density at radius 3 is 2.33 bits per heavy atom. The SMILES string of the molecule is COCCNC(=O)COc1cc(C)c(S(N)(=O)=O)c(C)c1. The van der Waals surface area contributed by atoms with Crippen LogP contribution >= 0.6 is 0 Å². The Hall–Kier alpha value is -1.64. The predicted octanol–water partition coefficient (Wildman–Crippen LogP) is 0.0922. The average Bonchev–Trinajstić information content (AvgIpc) is 2.34. The van der Waals surface area contributed by atoms with Crippen LogP contribution < -0.4 is 15.2 Å². The standard InChI is InChI=1S/C13H20N2O5S/c1-9-6-11(7-10(2)13(9)21(14,17)18)20-8-12(16)15-4-5-19-3/h6-7H,4-5,8H2,1-3H3,(H,15,16)(H2,14,17,18). The minimum atomic E-state index is -3.78. The highest BCUT2D eigenvalue weighted by Crippen LogP contribution is 2.24. The number of methoxy groups -OCH3 is 1. The van der Waals surface area contributed by atoms with Crippen LogP contribution in [0.1, 0.15) is 11.1 Å². The van der Waals surface area contributed by atoms with Gasteiger partial charge in [-0.05, 0) is 37.1 Å². The van der Waals surface area contributed by atoms with Crippen LogP contribution in [0.25, 0.3) is 0 Å². The van der Waals surface area contributed by atoms with Gasteiger partial charge < -0.3 is 14.8 Å². The van der Waals surface area contributed by atoms with Gasteiger partial charge in [-0.3, -0.25) is 4.79 Å². The molecule has 0 saturated heterocycles. The van der Waals surface area contributed by atoms with Gasteiger partial charge in [0, 0.05) is 13.7 Å². The molecule has 1 rings (SSSR count). The number of hydrogen-bond acceptors (Lipinski definition) is 5. The van der Waals surface area contributed by atoms with E-state index in [0.717, 1.165) is 0 Å². The summed E-state index contributed by atoms with van der Waals surface area (Å²) in [6.07, 6.45) is 0. The van der Waals surface area contributed by atoms with Crippen LogP contribution in [0.15, 0.2) is 17.0 Å². The van der Waals surface area contributed by atoms with Crippen molar-refractivity contribution in [2.75, 3.05) is 26.9 Å². The number of carbonyl (C=O) groups is 1. The van der Waals surface area contributed by atoms with E-state index >= 15 is 0 Å². The third-order valence-corrected chi connectivity index (χ3v) is 3.93. The number of carbonyl (C=O) groups excluding carboxylic acids is 1. The molecule has 0 saturated carbocycles. The Kier molecular flexibility index (Phi) is 6.13. The van der Waals surface area contributed by atoms with Crippen LogP contribution in [0.5, 0.6) is 5.75 Å². The molecule has 0 spiro atoms. The molecular weight excluding hydrogens is 296 g/mol. The number of rotatable bonds is 7. The summed E-state index contributed by atoms with van der Waals surface area (Å²) in [7, 11) is -2.23. The summed E-state index contributed by atoms with van der Waals surface area (Å²) >= 11 is 0. The van der Waals surface area contributed by atoms with Crippen LogP contribution in [-0.4, -0.2) is 41.2 Å². The number of aryl methyl sites for hydroxylation is 2. The van der Waals surface area contributed by atoms with E-state index in [2.05, 4.69) is 5.32 Å². The number of benzene rings is 1. The first kappa shape index (κ1) is 17.4. The zero-order valence-corrected chi connectivity index (χ0v) is 13.1. The van der Waals surface area contributed by atoms with Crippen molar-refractivity contribution in [1.29, 1.82) is 0 Å². The number of hydrogen-bond donors (Lipinski definition) is 2. The van der Waals surface area contributed by atoms with E-state index in [9.17, 15) is 13.2 Å². The molecule has 0 atom stereocenters. The van der Waals surface area contributed by atoms with Gasteiger partial charge in [-0.15, -0.1) is 0 Å². The lowest BCUT2D eigenvalue weighted by Crippen LogP contribution is -2.31. The number of sulfonamides is 1. The third-order valence-electron chi connectivity index (χ3n) is 2.72. The molecule has 21 heavy (non-hydrogen) atoms. The number of nitrogens with two attached hydrogens (primary N) is 1. The summed E-state index contributed by atoms with van der Waals surface area (Å²) in [5.41, 5.74) is 0.958. The highest BCUT2D eigenvalue weighted by molar-refractivity contribution is 7.89. The van der Waals surface area contributed by atoms with Crippen LogP contribution in [0, 0.1) is 13.8 Å². The molecule has 0 radical (unpaired) electrons. The van der Waals surface area contributed by atoms with E-state index in [1.165, 1.54) is 12.1 Å². The summed E-state index contributed by atoms with van der Waals surface area (Å²) in [4.78, 5) is 11.6. The van der Waals surface area contributed by atoms with Gasteiger partial charge in [0.25, 0.3) is 5.91 Å². The van der Waals surface area contributed by atoms with Crippen LogP contribution in [-0.2, 0) is 19.6 Å². The van der Waals surface area contributed by atoms with Crippen LogP contribution in [0.3, 0.4) is 0 Å². The third kappa shape index (κ3) is 5.33. The molecule has 0 aliphatic carbocycles. The molecule has 0 aromatic heterocycles. The first-order valence-corrected chi connectivity index (χ1v) is 7.83. The molecule has 0 heterocycles. The molecule has 3 N–H and O–H groups in total. The van der Waals surface area contributed by atoms with E-state index in [-0.39, 0.29) is 17.4 Å². The van der Waals surface area contributed by atoms with Crippen molar-refractivity contribution in [3.8, 4) is 5.75 Å². The molecule has 118 valence electrons. The Balaban J connectivity index is 2.72. The molecule has 1 amide bonds. The molecule has 0 bridgehead atoms. The van der Waals surface area contributed by atoms with Gasteiger partial charge in [0.05, 0.1) is 11.5 Å². The fourth-order valence-corrected chi connectivity index (χ4v) is 2.95. The first-order chi connectivity index (χ1) is 9.75. The van der Waals surface area contributed by atoms with Crippen molar-refractivity contribution in [1.82, 2.24) is 5.32 Å². The van der Waals surface area contributed by atoms with Crippen LogP contribution in [0.4, 0.5) is 0 Å². The van der Waals surface area contributed by atoms with Crippen LogP contribution in [0.2, 0.25) is 0 Å². The lowest BCUT2D eigenvalue weighted by atomic mass is 10.1. The minimum Gasteiger partial charge on any atom is -0.484 e. The number of primary sulfonamides is 1. The minimum absolute atomic E-state index is 0.0828. The van der Waals surface area contributed by atoms with Gasteiger partial charge in [-0.2, -0.15) is 0 Å². The number of ether oxygens (including phenoxy) is 2. The smallest absolute Gasteiger partial charge is 0.258 e. The molecule has 1 aromatic rings. The van der Waals surface area contributed by atoms with Gasteiger partial charge in [-0.1, -0.05) is 0 Å². The topological polar surface area (TPSA) is 108 Å². The average molecular weight is 316 g/mol. The lowest BCUT2D eigenvalue weighted by molar-refractivity contribution is -0.123. The van der Waals surface area contributed by atoms with E-state index in [0.29, 0.717) is 30.0 Å². The summed E-state index contributed by atoms with van der Waals surface area (Å²) in [6.45, 7) is 3.92. The van der Waals surface area contributed by atoms with Crippen molar-refractivity contribution in [2.24, 2.45) is 5.14 Å². The van der Waals surface area contributed by atoms with Gasteiger partial charge in [-0.25, -0.2) is 13.6 Å². The van der Waals surface area contributed by atoms with Gasteiger partial charge in [0.15, 0.2) is 6.61 Å². The van der Waals surface area contributed by atoms with Crippen molar-refractivity contribution < 1.29 is 22.7 Å². The zero-order valence-electron chi connectivity index (χ0n) is 12.3. The highest BCUT2D eigenvalue weighted by atomic mass is 32.2. The Morgan fingerprint density at radius 1 is 1.29 bits per heavy atom. The van der Waals surface area contributed by atoms with Crippen molar-refractivity contribution >= 4 is 15.9 Å². The second-order valence-electron chi connectivity index (χ2n) is 4.56. The maximum atomic E-state index is 11.5. The number of amides is 1. The monoisotopic (exact) mass is 316 g/mol. The summed E-state index contributed by atoms with van der Waals surface area (Å²) < 4.78 is 33.1. The predicted molar refractivity (Wildman–Crippen MR) is 77.7 cm³/mol. The summed E-state index contributed by atoms with van der Waals surface area (Å²) in [6, 6.07) is 3.07. The van der Waals surface area contributed by atoms with E-state index in [4.69, 9.17) is 14.6 Å². The second-order valence-corrected chi connectivity index (χ2v) is 6.06. The largest absolute Gasteiger partial charge is 0.484 e. The molecule has 0 unspecified atom stereocenters. The maximum absolute atomic E-state index is 11.5. The van der Waals surface area contributed by atoms with Crippen molar-refractivity contribution in [2.45, 2.75) is 18.7 Å². The fourth-order valence-electron chi connectivity index (χ4n) is 1.94. The second kappa shape index (κ2) is 7.39. The maximum Gasteiger partial charge on any atom is 0.258 e. The molecule has 0 fully saturated rings. The first-order valence-electron chi connectivity index (χ1n) is 6.28. The summed E-state index contributed by atoms with van der Waals surface area (Å²) in [5, 5.41) is 7.77. The Bertz CT molecular complexity index is 590. The van der Waals surface area contributed by atoms with Crippen molar-refractivity contribution in [3.05, 3.63) is 23.3 Å². The normalized spacial score (nSPS) is 11.2. The van der Waals surface area contributed by atoms with E-state index in [1.807, 2.05) is 0 Å². The zero-order chi connectivity index (χ0) is 16.0. The molecule has 1 aromatic carbocycles.